The number of ether oxygens (including phenoxy) is 1. The third kappa shape index (κ3) is 4.32. The number of non-ortho nitro benzene ring substituents is 1. The van der Waals surface area contributed by atoms with Crippen molar-refractivity contribution in [2.75, 3.05) is 5.32 Å². The highest BCUT2D eigenvalue weighted by atomic mass is 16.6. The topological polar surface area (TPSA) is 81.5 Å². The number of benzene rings is 2. The van der Waals surface area contributed by atoms with Crippen LogP contribution in [0.3, 0.4) is 0 Å². The lowest BCUT2D eigenvalue weighted by molar-refractivity contribution is -0.384. The Bertz CT molecular complexity index is 741. The molecule has 0 heterocycles. The van der Waals surface area contributed by atoms with Gasteiger partial charge in [-0.25, -0.2) is 0 Å². The predicted molar refractivity (Wildman–Crippen MR) is 92.4 cm³/mol. The Morgan fingerprint density at radius 3 is 2.50 bits per heavy atom. The highest BCUT2D eigenvalue weighted by molar-refractivity contribution is 5.95. The Morgan fingerprint density at radius 1 is 1.25 bits per heavy atom. The number of nitro groups is 1. The monoisotopic (exact) mass is 328 g/mol. The Balaban J connectivity index is 2.05. The van der Waals surface area contributed by atoms with Crippen molar-refractivity contribution in [3.63, 3.8) is 0 Å². The fourth-order valence-corrected chi connectivity index (χ4v) is 2.15. The van der Waals surface area contributed by atoms with Gasteiger partial charge in [-0.3, -0.25) is 14.9 Å². The van der Waals surface area contributed by atoms with Crippen molar-refractivity contribution in [1.82, 2.24) is 0 Å². The van der Waals surface area contributed by atoms with Crippen molar-refractivity contribution in [3.8, 4) is 5.75 Å². The van der Waals surface area contributed by atoms with Crippen LogP contribution in [-0.2, 0) is 11.2 Å². The summed E-state index contributed by atoms with van der Waals surface area (Å²) in [4.78, 5) is 22.6. The summed E-state index contributed by atoms with van der Waals surface area (Å²) >= 11 is 0. The molecular formula is C18H20N2O4. The second-order valence-electron chi connectivity index (χ2n) is 5.50. The molecule has 0 radical (unpaired) electrons. The fourth-order valence-electron chi connectivity index (χ4n) is 2.15. The van der Waals surface area contributed by atoms with E-state index in [-0.39, 0.29) is 11.6 Å². The maximum atomic E-state index is 12.3. The fraction of sp³-hybridized carbons (Fsp3) is 0.278. The smallest absolute Gasteiger partial charge is 0.271 e. The van der Waals surface area contributed by atoms with E-state index in [9.17, 15) is 14.9 Å². The molecule has 0 bridgehead atoms. The van der Waals surface area contributed by atoms with E-state index in [4.69, 9.17) is 4.74 Å². The first kappa shape index (κ1) is 17.5. The van der Waals surface area contributed by atoms with Gasteiger partial charge < -0.3 is 10.1 Å². The van der Waals surface area contributed by atoms with Gasteiger partial charge in [0, 0.05) is 12.1 Å². The van der Waals surface area contributed by atoms with Gasteiger partial charge in [0.05, 0.1) is 10.6 Å². The first-order chi connectivity index (χ1) is 11.4. The van der Waals surface area contributed by atoms with E-state index in [0.717, 1.165) is 12.0 Å². The average Bonchev–Trinajstić information content (AvgIpc) is 2.57. The lowest BCUT2D eigenvalue weighted by Crippen LogP contribution is -2.30. The van der Waals surface area contributed by atoms with Gasteiger partial charge in [-0.15, -0.1) is 0 Å². The molecule has 0 aliphatic rings. The molecule has 0 aliphatic carbocycles. The largest absolute Gasteiger partial charge is 0.481 e. The minimum Gasteiger partial charge on any atom is -0.481 e. The number of nitrogens with zero attached hydrogens (tertiary/aromatic N) is 1. The SMILES string of the molecule is CCc1ccc(O[C@H](C)C(=O)Nc2cc([N+](=O)[O-])ccc2C)cc1. The summed E-state index contributed by atoms with van der Waals surface area (Å²) in [7, 11) is 0. The molecule has 0 aliphatic heterocycles. The normalized spacial score (nSPS) is 11.6. The van der Waals surface area contributed by atoms with Crippen molar-refractivity contribution >= 4 is 17.3 Å². The summed E-state index contributed by atoms with van der Waals surface area (Å²) in [6.07, 6.45) is 0.207. The molecule has 0 unspecified atom stereocenters. The van der Waals surface area contributed by atoms with Crippen LogP contribution in [0.1, 0.15) is 25.0 Å². The average molecular weight is 328 g/mol. The van der Waals surface area contributed by atoms with E-state index in [0.29, 0.717) is 11.4 Å². The highest BCUT2D eigenvalue weighted by Crippen LogP contribution is 2.22. The number of rotatable bonds is 6. The van der Waals surface area contributed by atoms with Crippen LogP contribution in [0.25, 0.3) is 0 Å². The van der Waals surface area contributed by atoms with Crippen LogP contribution in [0.4, 0.5) is 11.4 Å². The zero-order valence-corrected chi connectivity index (χ0v) is 13.9. The number of amides is 1. The summed E-state index contributed by atoms with van der Waals surface area (Å²) in [5.74, 6) is 0.240. The van der Waals surface area contributed by atoms with Crippen LogP contribution in [0.2, 0.25) is 0 Å². The van der Waals surface area contributed by atoms with Crippen LogP contribution >= 0.6 is 0 Å². The first-order valence-electron chi connectivity index (χ1n) is 7.72. The molecular weight excluding hydrogens is 308 g/mol. The first-order valence-corrected chi connectivity index (χ1v) is 7.72. The van der Waals surface area contributed by atoms with E-state index >= 15 is 0 Å². The number of aryl methyl sites for hydroxylation is 2. The van der Waals surface area contributed by atoms with Crippen LogP contribution in [0, 0.1) is 17.0 Å². The van der Waals surface area contributed by atoms with Crippen molar-refractivity contribution in [2.45, 2.75) is 33.3 Å². The van der Waals surface area contributed by atoms with Crippen molar-refractivity contribution in [1.29, 1.82) is 0 Å². The van der Waals surface area contributed by atoms with Gasteiger partial charge in [0.15, 0.2) is 6.10 Å². The summed E-state index contributed by atoms with van der Waals surface area (Å²) in [6, 6.07) is 11.9. The molecule has 24 heavy (non-hydrogen) atoms. The number of hydrogen-bond acceptors (Lipinski definition) is 4. The lowest BCUT2D eigenvalue weighted by atomic mass is 10.1. The quantitative estimate of drug-likeness (QED) is 0.644. The lowest BCUT2D eigenvalue weighted by Gasteiger charge is -2.16. The molecule has 0 saturated carbocycles. The Morgan fingerprint density at radius 2 is 1.92 bits per heavy atom. The van der Waals surface area contributed by atoms with E-state index in [1.54, 1.807) is 19.9 Å². The Labute approximate surface area is 140 Å². The zero-order chi connectivity index (χ0) is 17.7. The third-order valence-corrected chi connectivity index (χ3v) is 3.70. The molecule has 2 aromatic rings. The van der Waals surface area contributed by atoms with Gasteiger partial charge in [0.25, 0.3) is 11.6 Å². The van der Waals surface area contributed by atoms with E-state index in [1.807, 2.05) is 24.3 Å². The summed E-state index contributed by atoms with van der Waals surface area (Å²) in [5.41, 5.74) is 2.27. The number of hydrogen-bond donors (Lipinski definition) is 1. The Kier molecular flexibility index (Phi) is 5.52. The molecule has 0 aromatic heterocycles. The standard InChI is InChI=1S/C18H20N2O4/c1-4-14-6-9-16(10-7-14)24-13(3)18(21)19-17-11-15(20(22)23)8-5-12(17)2/h5-11,13H,4H2,1-3H3,(H,19,21)/t13-/m1/s1. The molecule has 6 heteroatoms. The minimum atomic E-state index is -0.726. The van der Waals surface area contributed by atoms with E-state index in [2.05, 4.69) is 12.2 Å². The van der Waals surface area contributed by atoms with Crippen LogP contribution in [-0.4, -0.2) is 16.9 Å². The van der Waals surface area contributed by atoms with Crippen molar-refractivity contribution < 1.29 is 14.5 Å². The van der Waals surface area contributed by atoms with Gasteiger partial charge in [-0.2, -0.15) is 0 Å². The van der Waals surface area contributed by atoms with Gasteiger partial charge in [-0.1, -0.05) is 25.1 Å². The van der Waals surface area contributed by atoms with Gasteiger partial charge in [0.2, 0.25) is 0 Å². The molecule has 1 amide bonds. The molecule has 1 atom stereocenters. The van der Waals surface area contributed by atoms with Crippen LogP contribution < -0.4 is 10.1 Å². The number of nitrogens with one attached hydrogen (secondary N) is 1. The zero-order valence-electron chi connectivity index (χ0n) is 13.9. The third-order valence-electron chi connectivity index (χ3n) is 3.70. The number of nitro benzene ring substituents is 1. The van der Waals surface area contributed by atoms with Crippen LogP contribution in [0.5, 0.6) is 5.75 Å². The molecule has 2 rings (SSSR count). The molecule has 0 spiro atoms. The molecule has 6 nitrogen and oxygen atoms in total. The predicted octanol–water partition coefficient (Wildman–Crippen LogP) is 3.87. The summed E-state index contributed by atoms with van der Waals surface area (Å²) in [6.45, 7) is 5.47. The second kappa shape index (κ2) is 7.59. The van der Waals surface area contributed by atoms with Gasteiger partial charge in [-0.05, 0) is 43.5 Å². The van der Waals surface area contributed by atoms with Crippen LogP contribution in [0.15, 0.2) is 42.5 Å². The second-order valence-corrected chi connectivity index (χ2v) is 5.50. The summed E-state index contributed by atoms with van der Waals surface area (Å²) in [5, 5.41) is 13.5. The van der Waals surface area contributed by atoms with E-state index in [1.165, 1.54) is 17.7 Å². The Hall–Kier alpha value is -2.89. The van der Waals surface area contributed by atoms with Crippen molar-refractivity contribution in [2.24, 2.45) is 0 Å². The van der Waals surface area contributed by atoms with Crippen molar-refractivity contribution in [3.05, 3.63) is 63.7 Å². The maximum absolute atomic E-state index is 12.3. The molecule has 2 aromatic carbocycles. The maximum Gasteiger partial charge on any atom is 0.271 e. The van der Waals surface area contributed by atoms with E-state index < -0.39 is 11.0 Å². The number of anilines is 1. The van der Waals surface area contributed by atoms with Gasteiger partial charge >= 0.3 is 0 Å². The van der Waals surface area contributed by atoms with Gasteiger partial charge in [0.1, 0.15) is 5.75 Å². The summed E-state index contributed by atoms with van der Waals surface area (Å²) < 4.78 is 5.62. The highest BCUT2D eigenvalue weighted by Gasteiger charge is 2.17. The molecule has 0 fully saturated rings. The molecule has 0 saturated heterocycles. The molecule has 126 valence electrons. The number of carbonyl (C=O) groups excluding carboxylic acids is 1. The number of carbonyl (C=O) groups is 1. The minimum absolute atomic E-state index is 0.0698. The molecule has 1 N–H and O–H groups in total.